The molecular formula is C11H20ClNO2. The highest BCUT2D eigenvalue weighted by Crippen LogP contribution is 2.17. The van der Waals surface area contributed by atoms with Crippen molar-refractivity contribution in [1.29, 1.82) is 0 Å². The third-order valence-corrected chi connectivity index (χ3v) is 2.86. The Morgan fingerprint density at radius 1 is 1.60 bits per heavy atom. The molecule has 1 aliphatic rings. The Morgan fingerprint density at radius 3 is 2.80 bits per heavy atom. The van der Waals surface area contributed by atoms with Crippen LogP contribution in [0.3, 0.4) is 0 Å². The van der Waals surface area contributed by atoms with Crippen LogP contribution in [0.15, 0.2) is 0 Å². The first kappa shape index (κ1) is 12.8. The minimum Gasteiger partial charge on any atom is -0.378 e. The lowest BCUT2D eigenvalue weighted by Gasteiger charge is -2.27. The van der Waals surface area contributed by atoms with Crippen molar-refractivity contribution in [3.63, 3.8) is 0 Å². The summed E-state index contributed by atoms with van der Waals surface area (Å²) < 4.78 is 5.45. The van der Waals surface area contributed by atoms with Crippen molar-refractivity contribution in [2.24, 2.45) is 0 Å². The molecule has 1 fully saturated rings. The lowest BCUT2D eigenvalue weighted by Crippen LogP contribution is -2.39. The van der Waals surface area contributed by atoms with Gasteiger partial charge in [-0.15, -0.1) is 11.6 Å². The molecule has 1 saturated heterocycles. The van der Waals surface area contributed by atoms with E-state index >= 15 is 0 Å². The van der Waals surface area contributed by atoms with Gasteiger partial charge in [-0.1, -0.05) is 0 Å². The Labute approximate surface area is 96.7 Å². The molecule has 4 heteroatoms. The molecule has 0 aliphatic carbocycles. The van der Waals surface area contributed by atoms with Crippen LogP contribution in [0.1, 0.15) is 33.1 Å². The van der Waals surface area contributed by atoms with Gasteiger partial charge in [-0.2, -0.15) is 0 Å². The third kappa shape index (κ3) is 3.99. The van der Waals surface area contributed by atoms with Crippen molar-refractivity contribution < 1.29 is 9.53 Å². The van der Waals surface area contributed by atoms with Crippen LogP contribution in [0.2, 0.25) is 0 Å². The second kappa shape index (κ2) is 6.33. The monoisotopic (exact) mass is 233 g/mol. The van der Waals surface area contributed by atoms with Gasteiger partial charge in [-0.05, 0) is 26.7 Å². The lowest BCUT2D eigenvalue weighted by atomic mass is 10.1. The second-order valence-corrected chi connectivity index (χ2v) is 4.59. The average molecular weight is 234 g/mol. The molecule has 0 aromatic rings. The molecule has 88 valence electrons. The number of alkyl halides is 1. The third-order valence-electron chi connectivity index (χ3n) is 2.70. The zero-order valence-corrected chi connectivity index (χ0v) is 10.3. The van der Waals surface area contributed by atoms with Crippen LogP contribution in [0.5, 0.6) is 0 Å². The van der Waals surface area contributed by atoms with Gasteiger partial charge in [0.2, 0.25) is 5.91 Å². The van der Waals surface area contributed by atoms with Crippen molar-refractivity contribution in [1.82, 2.24) is 4.90 Å². The molecule has 0 saturated carbocycles. The van der Waals surface area contributed by atoms with Crippen LogP contribution in [-0.2, 0) is 9.53 Å². The number of carbonyl (C=O) groups excluding carboxylic acids is 1. The zero-order valence-electron chi connectivity index (χ0n) is 9.54. The van der Waals surface area contributed by atoms with Gasteiger partial charge in [0, 0.05) is 25.1 Å². The van der Waals surface area contributed by atoms with E-state index in [1.54, 1.807) is 0 Å². The first-order chi connectivity index (χ1) is 7.15. The maximum absolute atomic E-state index is 11.9. The van der Waals surface area contributed by atoms with E-state index in [0.29, 0.717) is 18.8 Å². The van der Waals surface area contributed by atoms with Crippen LogP contribution < -0.4 is 0 Å². The van der Waals surface area contributed by atoms with Gasteiger partial charge in [0.05, 0.1) is 12.5 Å². The molecule has 0 aromatic heterocycles. The van der Waals surface area contributed by atoms with Crippen molar-refractivity contribution in [3.05, 3.63) is 0 Å². The molecular weight excluding hydrogens is 214 g/mol. The molecule has 1 heterocycles. The number of amides is 1. The Kier molecular flexibility index (Phi) is 5.40. The number of hydrogen-bond donors (Lipinski definition) is 0. The molecule has 15 heavy (non-hydrogen) atoms. The van der Waals surface area contributed by atoms with Gasteiger partial charge in [0.25, 0.3) is 0 Å². The van der Waals surface area contributed by atoms with E-state index in [2.05, 4.69) is 0 Å². The van der Waals surface area contributed by atoms with Gasteiger partial charge < -0.3 is 9.64 Å². The molecule has 1 aliphatic heterocycles. The SMILES string of the molecule is CC(C)N(CCCl)C(=O)CC1CCCO1. The predicted octanol–water partition coefficient (Wildman–Crippen LogP) is 2.03. The highest BCUT2D eigenvalue weighted by atomic mass is 35.5. The van der Waals surface area contributed by atoms with Gasteiger partial charge in [0.15, 0.2) is 0 Å². The van der Waals surface area contributed by atoms with Crippen LogP contribution in [0, 0.1) is 0 Å². The van der Waals surface area contributed by atoms with Crippen LogP contribution >= 0.6 is 11.6 Å². The van der Waals surface area contributed by atoms with Crippen LogP contribution in [-0.4, -0.2) is 42.0 Å². The summed E-state index contributed by atoms with van der Waals surface area (Å²) in [5, 5.41) is 0. The van der Waals surface area contributed by atoms with Crippen molar-refractivity contribution in [2.45, 2.75) is 45.3 Å². The molecule has 0 N–H and O–H groups in total. The largest absolute Gasteiger partial charge is 0.378 e. The molecule has 1 unspecified atom stereocenters. The average Bonchev–Trinajstić information content (AvgIpc) is 2.65. The Bertz CT molecular complexity index is 203. The highest BCUT2D eigenvalue weighted by Gasteiger charge is 2.23. The van der Waals surface area contributed by atoms with Crippen molar-refractivity contribution >= 4 is 17.5 Å². The van der Waals surface area contributed by atoms with E-state index in [9.17, 15) is 4.79 Å². The van der Waals surface area contributed by atoms with E-state index in [0.717, 1.165) is 19.4 Å². The highest BCUT2D eigenvalue weighted by molar-refractivity contribution is 6.18. The van der Waals surface area contributed by atoms with Crippen molar-refractivity contribution in [2.75, 3.05) is 19.0 Å². The number of carbonyl (C=O) groups is 1. The van der Waals surface area contributed by atoms with E-state index in [1.807, 2.05) is 18.7 Å². The molecule has 0 aromatic carbocycles. The van der Waals surface area contributed by atoms with Gasteiger partial charge in [-0.25, -0.2) is 0 Å². The maximum atomic E-state index is 11.9. The molecule has 1 atom stereocenters. The fraction of sp³-hybridized carbons (Fsp3) is 0.909. The number of ether oxygens (including phenoxy) is 1. The zero-order chi connectivity index (χ0) is 11.3. The molecule has 3 nitrogen and oxygen atoms in total. The van der Waals surface area contributed by atoms with Crippen LogP contribution in [0.25, 0.3) is 0 Å². The summed E-state index contributed by atoms with van der Waals surface area (Å²) in [5.74, 6) is 0.660. The van der Waals surface area contributed by atoms with E-state index in [4.69, 9.17) is 16.3 Å². The second-order valence-electron chi connectivity index (χ2n) is 4.21. The maximum Gasteiger partial charge on any atom is 0.225 e. The minimum absolute atomic E-state index is 0.133. The van der Waals surface area contributed by atoms with Crippen LogP contribution in [0.4, 0.5) is 0 Å². The van der Waals surface area contributed by atoms with Gasteiger partial charge in [-0.3, -0.25) is 4.79 Å². The summed E-state index contributed by atoms with van der Waals surface area (Å²) in [7, 11) is 0. The molecule has 0 bridgehead atoms. The summed E-state index contributed by atoms with van der Waals surface area (Å²) in [4.78, 5) is 13.7. The van der Waals surface area contributed by atoms with E-state index < -0.39 is 0 Å². The molecule has 1 rings (SSSR count). The molecule has 0 radical (unpaired) electrons. The number of rotatable bonds is 5. The quantitative estimate of drug-likeness (QED) is 0.680. The molecule has 0 spiro atoms. The smallest absolute Gasteiger partial charge is 0.225 e. The molecule has 1 amide bonds. The van der Waals surface area contributed by atoms with Gasteiger partial charge in [0.1, 0.15) is 0 Å². The Hall–Kier alpha value is -0.280. The summed E-state index contributed by atoms with van der Waals surface area (Å²) in [6.45, 7) is 5.46. The first-order valence-corrected chi connectivity index (χ1v) is 6.15. The number of hydrogen-bond acceptors (Lipinski definition) is 2. The fourth-order valence-electron chi connectivity index (χ4n) is 1.88. The number of nitrogens with zero attached hydrogens (tertiary/aromatic N) is 1. The number of halogens is 1. The predicted molar refractivity (Wildman–Crippen MR) is 61.2 cm³/mol. The summed E-state index contributed by atoms with van der Waals surface area (Å²) in [6, 6.07) is 0.220. The standard InChI is InChI=1S/C11H20ClNO2/c1-9(2)13(6-5-12)11(14)8-10-4-3-7-15-10/h9-10H,3-8H2,1-2H3. The summed E-state index contributed by atoms with van der Waals surface area (Å²) >= 11 is 5.68. The summed E-state index contributed by atoms with van der Waals surface area (Å²) in [6.07, 6.45) is 2.73. The minimum atomic E-state index is 0.133. The lowest BCUT2D eigenvalue weighted by molar-refractivity contribution is -0.134. The summed E-state index contributed by atoms with van der Waals surface area (Å²) in [5.41, 5.74) is 0. The van der Waals surface area contributed by atoms with E-state index in [-0.39, 0.29) is 18.1 Å². The van der Waals surface area contributed by atoms with Crippen molar-refractivity contribution in [3.8, 4) is 0 Å². The fourth-order valence-corrected chi connectivity index (χ4v) is 2.06. The first-order valence-electron chi connectivity index (χ1n) is 5.62. The topological polar surface area (TPSA) is 29.5 Å². The normalized spacial score (nSPS) is 20.9. The Morgan fingerprint density at radius 2 is 2.33 bits per heavy atom. The van der Waals surface area contributed by atoms with Gasteiger partial charge >= 0.3 is 0 Å². The van der Waals surface area contributed by atoms with E-state index in [1.165, 1.54) is 0 Å². The Balaban J connectivity index is 2.40.